The Labute approximate surface area is 140 Å². The summed E-state index contributed by atoms with van der Waals surface area (Å²) in [5, 5.41) is 4.30. The summed E-state index contributed by atoms with van der Waals surface area (Å²) in [5.74, 6) is 0.623. The predicted octanol–water partition coefficient (Wildman–Crippen LogP) is 3.11. The molecule has 2 bridgehead atoms. The molecule has 2 heterocycles. The molecule has 3 atom stereocenters. The molecular formula is C16H20Cl2N2O2. The molecule has 2 aliphatic heterocycles. The maximum Gasteiger partial charge on any atom is 0.263 e. The van der Waals surface area contributed by atoms with Crippen LogP contribution in [-0.4, -0.2) is 42.1 Å². The van der Waals surface area contributed by atoms with E-state index in [9.17, 15) is 4.79 Å². The fourth-order valence-electron chi connectivity index (χ4n) is 3.36. The lowest BCUT2D eigenvalue weighted by Gasteiger charge is -2.30. The number of halogens is 2. The second-order valence-electron chi connectivity index (χ2n) is 5.96. The molecule has 1 aromatic rings. The summed E-state index contributed by atoms with van der Waals surface area (Å²) in [6.45, 7) is 3.65. The molecule has 2 saturated heterocycles. The normalized spacial score (nSPS) is 25.7. The SMILES string of the molecule is CC(Oc1ccc(Cl)c(Cl)c1)C(=O)N1C2CCNCC1CC2. The first-order chi connectivity index (χ1) is 10.6. The minimum absolute atomic E-state index is 0.0577. The zero-order valence-electron chi connectivity index (χ0n) is 12.5. The van der Waals surface area contributed by atoms with E-state index < -0.39 is 6.10 Å². The molecule has 2 fully saturated rings. The Hall–Kier alpha value is -0.970. The van der Waals surface area contributed by atoms with Crippen LogP contribution >= 0.6 is 23.2 Å². The number of nitrogens with one attached hydrogen (secondary N) is 1. The highest BCUT2D eigenvalue weighted by molar-refractivity contribution is 6.42. The van der Waals surface area contributed by atoms with Crippen molar-refractivity contribution in [3.8, 4) is 5.75 Å². The molecule has 0 saturated carbocycles. The van der Waals surface area contributed by atoms with Crippen LogP contribution in [0, 0.1) is 0 Å². The Morgan fingerprint density at radius 1 is 1.27 bits per heavy atom. The van der Waals surface area contributed by atoms with E-state index in [0.717, 1.165) is 32.4 Å². The van der Waals surface area contributed by atoms with Gasteiger partial charge in [0, 0.05) is 24.7 Å². The lowest BCUT2D eigenvalue weighted by atomic mass is 10.1. The third-order valence-corrected chi connectivity index (χ3v) is 5.20. The molecule has 4 nitrogen and oxygen atoms in total. The number of fused-ring (bicyclic) bond motifs is 2. The molecular weight excluding hydrogens is 323 g/mol. The monoisotopic (exact) mass is 342 g/mol. The summed E-state index contributed by atoms with van der Waals surface area (Å²) in [5.41, 5.74) is 0. The van der Waals surface area contributed by atoms with E-state index in [1.807, 2.05) is 4.90 Å². The van der Waals surface area contributed by atoms with Gasteiger partial charge >= 0.3 is 0 Å². The number of hydrogen-bond acceptors (Lipinski definition) is 3. The summed E-state index contributed by atoms with van der Waals surface area (Å²) in [6, 6.07) is 5.69. The standard InChI is InChI=1S/C16H20Cl2N2O2/c1-10(22-13-4-5-14(17)15(18)8-13)16(21)20-11-2-3-12(20)9-19-7-6-11/h4-5,8,10-12,19H,2-3,6-7,9H2,1H3. The van der Waals surface area contributed by atoms with E-state index in [4.69, 9.17) is 27.9 Å². The maximum atomic E-state index is 12.8. The van der Waals surface area contributed by atoms with Crippen LogP contribution in [0.1, 0.15) is 26.2 Å². The first kappa shape index (κ1) is 15.9. The summed E-state index contributed by atoms with van der Waals surface area (Å²) >= 11 is 11.9. The lowest BCUT2D eigenvalue weighted by molar-refractivity contribution is -0.140. The molecule has 0 aliphatic carbocycles. The Morgan fingerprint density at radius 2 is 2.05 bits per heavy atom. The Balaban J connectivity index is 1.70. The molecule has 0 radical (unpaired) electrons. The number of carbonyl (C=O) groups is 1. The molecule has 1 N–H and O–H groups in total. The van der Waals surface area contributed by atoms with Crippen LogP contribution in [0.25, 0.3) is 0 Å². The van der Waals surface area contributed by atoms with Gasteiger partial charge in [-0.3, -0.25) is 4.79 Å². The zero-order chi connectivity index (χ0) is 15.7. The Kier molecular flexibility index (Phi) is 4.81. The highest BCUT2D eigenvalue weighted by Crippen LogP contribution is 2.30. The van der Waals surface area contributed by atoms with Gasteiger partial charge in [0.2, 0.25) is 0 Å². The third kappa shape index (κ3) is 3.19. The number of carbonyl (C=O) groups excluding carboxylic acids is 1. The van der Waals surface area contributed by atoms with Gasteiger partial charge in [-0.2, -0.15) is 0 Å². The number of rotatable bonds is 3. The molecule has 1 amide bonds. The smallest absolute Gasteiger partial charge is 0.263 e. The average Bonchev–Trinajstić information content (AvgIpc) is 2.75. The van der Waals surface area contributed by atoms with Gasteiger partial charge in [-0.05, 0) is 44.9 Å². The minimum atomic E-state index is -0.529. The van der Waals surface area contributed by atoms with Crippen LogP contribution in [0.4, 0.5) is 0 Å². The molecule has 3 rings (SSSR count). The summed E-state index contributed by atoms with van der Waals surface area (Å²) < 4.78 is 5.78. The van der Waals surface area contributed by atoms with E-state index in [1.54, 1.807) is 25.1 Å². The topological polar surface area (TPSA) is 41.6 Å². The number of nitrogens with zero attached hydrogens (tertiary/aromatic N) is 1. The maximum absolute atomic E-state index is 12.8. The summed E-state index contributed by atoms with van der Waals surface area (Å²) in [4.78, 5) is 14.8. The predicted molar refractivity (Wildman–Crippen MR) is 87.7 cm³/mol. The van der Waals surface area contributed by atoms with Crippen molar-refractivity contribution in [3.05, 3.63) is 28.2 Å². The molecule has 0 aromatic heterocycles. The van der Waals surface area contributed by atoms with E-state index in [1.165, 1.54) is 0 Å². The zero-order valence-corrected chi connectivity index (χ0v) is 14.0. The van der Waals surface area contributed by atoms with E-state index in [2.05, 4.69) is 5.32 Å². The highest BCUT2D eigenvalue weighted by atomic mass is 35.5. The first-order valence-corrected chi connectivity index (χ1v) is 8.46. The molecule has 6 heteroatoms. The molecule has 2 aliphatic rings. The van der Waals surface area contributed by atoms with Gasteiger partial charge in [0.25, 0.3) is 5.91 Å². The fourth-order valence-corrected chi connectivity index (χ4v) is 3.64. The van der Waals surface area contributed by atoms with Crippen molar-refractivity contribution in [1.82, 2.24) is 10.2 Å². The van der Waals surface area contributed by atoms with E-state index in [-0.39, 0.29) is 5.91 Å². The van der Waals surface area contributed by atoms with E-state index >= 15 is 0 Å². The van der Waals surface area contributed by atoms with E-state index in [0.29, 0.717) is 27.9 Å². The largest absolute Gasteiger partial charge is 0.481 e. The van der Waals surface area contributed by atoms with Crippen molar-refractivity contribution in [2.45, 2.75) is 44.4 Å². The molecule has 22 heavy (non-hydrogen) atoms. The number of ether oxygens (including phenoxy) is 1. The average molecular weight is 343 g/mol. The molecule has 120 valence electrons. The van der Waals surface area contributed by atoms with Crippen LogP contribution < -0.4 is 10.1 Å². The molecule has 0 spiro atoms. The Morgan fingerprint density at radius 3 is 2.82 bits per heavy atom. The van der Waals surface area contributed by atoms with Gasteiger partial charge in [0.1, 0.15) is 5.75 Å². The number of amides is 1. The fraction of sp³-hybridized carbons (Fsp3) is 0.562. The first-order valence-electron chi connectivity index (χ1n) is 7.71. The van der Waals surface area contributed by atoms with Crippen molar-refractivity contribution in [1.29, 1.82) is 0 Å². The third-order valence-electron chi connectivity index (χ3n) is 4.46. The number of hydrogen-bond donors (Lipinski definition) is 1. The summed E-state index contributed by atoms with van der Waals surface area (Å²) in [7, 11) is 0. The van der Waals surface area contributed by atoms with Gasteiger partial charge in [0.05, 0.1) is 10.0 Å². The Bertz CT molecular complexity index is 553. The van der Waals surface area contributed by atoms with Crippen LogP contribution in [0.2, 0.25) is 10.0 Å². The molecule has 3 unspecified atom stereocenters. The molecule has 1 aromatic carbocycles. The van der Waals surface area contributed by atoms with Crippen molar-refractivity contribution >= 4 is 29.1 Å². The minimum Gasteiger partial charge on any atom is -0.481 e. The van der Waals surface area contributed by atoms with Crippen LogP contribution in [0.15, 0.2) is 18.2 Å². The van der Waals surface area contributed by atoms with Crippen molar-refractivity contribution < 1.29 is 9.53 Å². The highest BCUT2D eigenvalue weighted by Gasteiger charge is 2.40. The lowest BCUT2D eigenvalue weighted by Crippen LogP contribution is -2.48. The van der Waals surface area contributed by atoms with Crippen molar-refractivity contribution in [3.63, 3.8) is 0 Å². The number of benzene rings is 1. The van der Waals surface area contributed by atoms with Crippen LogP contribution in [0.5, 0.6) is 5.75 Å². The second kappa shape index (κ2) is 6.65. The van der Waals surface area contributed by atoms with Gasteiger partial charge in [-0.15, -0.1) is 0 Å². The second-order valence-corrected chi connectivity index (χ2v) is 6.77. The van der Waals surface area contributed by atoms with Crippen LogP contribution in [-0.2, 0) is 4.79 Å². The van der Waals surface area contributed by atoms with Gasteiger partial charge < -0.3 is 15.0 Å². The quantitative estimate of drug-likeness (QED) is 0.917. The van der Waals surface area contributed by atoms with Crippen molar-refractivity contribution in [2.24, 2.45) is 0 Å². The van der Waals surface area contributed by atoms with Gasteiger partial charge in [-0.1, -0.05) is 23.2 Å². The van der Waals surface area contributed by atoms with Gasteiger partial charge in [-0.25, -0.2) is 0 Å². The van der Waals surface area contributed by atoms with Crippen LogP contribution in [0.3, 0.4) is 0 Å². The van der Waals surface area contributed by atoms with Gasteiger partial charge in [0.15, 0.2) is 6.10 Å². The summed E-state index contributed by atoms with van der Waals surface area (Å²) in [6.07, 6.45) is 2.65. The van der Waals surface area contributed by atoms with Crippen molar-refractivity contribution in [2.75, 3.05) is 13.1 Å².